The lowest BCUT2D eigenvalue weighted by atomic mass is 10.2. The van der Waals surface area contributed by atoms with Crippen molar-refractivity contribution in [1.29, 1.82) is 5.26 Å². The number of nitriles is 1. The summed E-state index contributed by atoms with van der Waals surface area (Å²) in [6, 6.07) is 19.1. The summed E-state index contributed by atoms with van der Waals surface area (Å²) in [6.45, 7) is 4.21. The van der Waals surface area contributed by atoms with Crippen molar-refractivity contribution in [3.8, 4) is 6.07 Å². The molecule has 0 aliphatic heterocycles. The zero-order valence-electron chi connectivity index (χ0n) is 12.7. The fraction of sp³-hybridized carbons (Fsp3) is 0.222. The summed E-state index contributed by atoms with van der Waals surface area (Å²) < 4.78 is 0. The molecule has 112 valence electrons. The molecule has 0 saturated heterocycles. The summed E-state index contributed by atoms with van der Waals surface area (Å²) in [7, 11) is 0. The quantitative estimate of drug-likeness (QED) is 0.850. The number of benzene rings is 2. The summed E-state index contributed by atoms with van der Waals surface area (Å²) in [5, 5.41) is 11.6. The number of amides is 1. The SMILES string of the molecule is CC[NH+](CC(=O)Nc1ccc(C#N)cc1)Cc1ccccc1. The number of nitrogens with one attached hydrogen (secondary N) is 2. The van der Waals surface area contributed by atoms with Gasteiger partial charge in [0.05, 0.1) is 18.2 Å². The lowest BCUT2D eigenvalue weighted by Crippen LogP contribution is -3.11. The Morgan fingerprint density at radius 1 is 1.14 bits per heavy atom. The molecule has 4 heteroatoms. The summed E-state index contributed by atoms with van der Waals surface area (Å²) in [5.74, 6) is -0.0162. The van der Waals surface area contributed by atoms with Crippen LogP contribution in [0.4, 0.5) is 5.69 Å². The highest BCUT2D eigenvalue weighted by atomic mass is 16.2. The number of likely N-dealkylation sites (N-methyl/N-ethyl adjacent to an activating group) is 1. The van der Waals surface area contributed by atoms with Crippen molar-refractivity contribution >= 4 is 11.6 Å². The highest BCUT2D eigenvalue weighted by Crippen LogP contribution is 2.08. The van der Waals surface area contributed by atoms with Gasteiger partial charge in [0.2, 0.25) is 0 Å². The van der Waals surface area contributed by atoms with Gasteiger partial charge in [0.25, 0.3) is 5.91 Å². The Morgan fingerprint density at radius 3 is 2.41 bits per heavy atom. The van der Waals surface area contributed by atoms with Gasteiger partial charge >= 0.3 is 0 Å². The molecule has 2 N–H and O–H groups in total. The molecule has 0 aromatic heterocycles. The molecule has 4 nitrogen and oxygen atoms in total. The molecule has 1 amide bonds. The number of anilines is 1. The van der Waals surface area contributed by atoms with Crippen molar-refractivity contribution in [2.24, 2.45) is 0 Å². The standard InChI is InChI=1S/C18H19N3O/c1-2-21(13-16-6-4-3-5-7-16)14-18(22)20-17-10-8-15(12-19)9-11-17/h3-11H,2,13-14H2,1H3,(H,20,22)/p+1. The number of hydrogen-bond acceptors (Lipinski definition) is 2. The van der Waals surface area contributed by atoms with E-state index in [0.29, 0.717) is 12.1 Å². The van der Waals surface area contributed by atoms with E-state index in [1.807, 2.05) is 18.2 Å². The third kappa shape index (κ3) is 4.72. The Morgan fingerprint density at radius 2 is 1.82 bits per heavy atom. The van der Waals surface area contributed by atoms with Gasteiger partial charge in [0, 0.05) is 11.3 Å². The van der Waals surface area contributed by atoms with Gasteiger partial charge in [0.1, 0.15) is 6.54 Å². The summed E-state index contributed by atoms with van der Waals surface area (Å²) in [6.07, 6.45) is 0. The molecule has 2 rings (SSSR count). The van der Waals surface area contributed by atoms with Crippen LogP contribution in [0.3, 0.4) is 0 Å². The average molecular weight is 294 g/mol. The number of quaternary nitrogens is 1. The molecule has 0 aliphatic carbocycles. The first-order chi connectivity index (χ1) is 10.7. The molecule has 2 aromatic carbocycles. The van der Waals surface area contributed by atoms with E-state index in [2.05, 4.69) is 30.4 Å². The van der Waals surface area contributed by atoms with Gasteiger partial charge in [-0.2, -0.15) is 5.26 Å². The first kappa shape index (κ1) is 15.7. The Bertz CT molecular complexity index is 644. The van der Waals surface area contributed by atoms with Crippen molar-refractivity contribution in [2.45, 2.75) is 13.5 Å². The van der Waals surface area contributed by atoms with Gasteiger partial charge in [-0.05, 0) is 31.2 Å². The van der Waals surface area contributed by atoms with Crippen LogP contribution in [0.1, 0.15) is 18.1 Å². The summed E-state index contributed by atoms with van der Waals surface area (Å²) >= 11 is 0. The molecular weight excluding hydrogens is 274 g/mol. The van der Waals surface area contributed by atoms with Crippen LogP contribution in [-0.4, -0.2) is 19.0 Å². The van der Waals surface area contributed by atoms with Crippen molar-refractivity contribution in [2.75, 3.05) is 18.4 Å². The van der Waals surface area contributed by atoms with Gasteiger partial charge in [-0.1, -0.05) is 30.3 Å². The fourth-order valence-electron chi connectivity index (χ4n) is 2.26. The molecule has 1 atom stereocenters. The smallest absolute Gasteiger partial charge is 0.279 e. The molecule has 0 bridgehead atoms. The molecule has 1 unspecified atom stereocenters. The van der Waals surface area contributed by atoms with Gasteiger partial charge in [-0.3, -0.25) is 4.79 Å². The third-order valence-corrected chi connectivity index (χ3v) is 3.51. The largest absolute Gasteiger partial charge is 0.324 e. The Balaban J connectivity index is 1.90. The van der Waals surface area contributed by atoms with Crippen LogP contribution >= 0.6 is 0 Å². The Hall–Kier alpha value is -2.64. The molecule has 22 heavy (non-hydrogen) atoms. The second-order valence-electron chi connectivity index (χ2n) is 5.18. The topological polar surface area (TPSA) is 57.3 Å². The van der Waals surface area contributed by atoms with Crippen molar-refractivity contribution in [1.82, 2.24) is 0 Å². The fourth-order valence-corrected chi connectivity index (χ4v) is 2.26. The predicted molar refractivity (Wildman–Crippen MR) is 86.3 cm³/mol. The number of rotatable bonds is 6. The normalized spacial score (nSPS) is 11.5. The van der Waals surface area contributed by atoms with Crippen LogP contribution in [0, 0.1) is 11.3 Å². The maximum Gasteiger partial charge on any atom is 0.279 e. The summed E-state index contributed by atoms with van der Waals surface area (Å²) in [4.78, 5) is 13.3. The van der Waals surface area contributed by atoms with E-state index in [9.17, 15) is 4.79 Å². The van der Waals surface area contributed by atoms with Gasteiger partial charge in [-0.15, -0.1) is 0 Å². The number of carbonyl (C=O) groups excluding carboxylic acids is 1. The van der Waals surface area contributed by atoms with E-state index < -0.39 is 0 Å². The van der Waals surface area contributed by atoms with Crippen LogP contribution < -0.4 is 10.2 Å². The van der Waals surface area contributed by atoms with E-state index >= 15 is 0 Å². The van der Waals surface area contributed by atoms with Gasteiger partial charge in [-0.25, -0.2) is 0 Å². The molecule has 0 radical (unpaired) electrons. The molecule has 0 spiro atoms. The lowest BCUT2D eigenvalue weighted by Gasteiger charge is -2.17. The van der Waals surface area contributed by atoms with Gasteiger partial charge < -0.3 is 10.2 Å². The molecular formula is C18H20N3O+. The van der Waals surface area contributed by atoms with Crippen LogP contribution in [0.5, 0.6) is 0 Å². The Labute approximate surface area is 131 Å². The van der Waals surface area contributed by atoms with Crippen molar-refractivity contribution in [3.63, 3.8) is 0 Å². The molecule has 2 aromatic rings. The van der Waals surface area contributed by atoms with Crippen LogP contribution in [0.25, 0.3) is 0 Å². The predicted octanol–water partition coefficient (Wildman–Crippen LogP) is 1.60. The van der Waals surface area contributed by atoms with E-state index in [-0.39, 0.29) is 5.91 Å². The Kier molecular flexibility index (Phi) is 5.70. The van der Waals surface area contributed by atoms with E-state index in [1.165, 1.54) is 10.5 Å². The minimum absolute atomic E-state index is 0.0162. The highest BCUT2D eigenvalue weighted by Gasteiger charge is 2.13. The van der Waals surface area contributed by atoms with E-state index in [0.717, 1.165) is 18.8 Å². The zero-order valence-corrected chi connectivity index (χ0v) is 12.7. The van der Waals surface area contributed by atoms with Crippen LogP contribution in [0.2, 0.25) is 0 Å². The van der Waals surface area contributed by atoms with Crippen molar-refractivity contribution < 1.29 is 9.69 Å². The van der Waals surface area contributed by atoms with Crippen LogP contribution in [-0.2, 0) is 11.3 Å². The number of hydrogen-bond donors (Lipinski definition) is 2. The minimum atomic E-state index is -0.0162. The maximum atomic E-state index is 12.1. The minimum Gasteiger partial charge on any atom is -0.324 e. The number of carbonyl (C=O) groups is 1. The molecule has 0 aliphatic rings. The first-order valence-electron chi connectivity index (χ1n) is 7.38. The van der Waals surface area contributed by atoms with Crippen LogP contribution in [0.15, 0.2) is 54.6 Å². The summed E-state index contributed by atoms with van der Waals surface area (Å²) in [5.41, 5.74) is 2.53. The monoisotopic (exact) mass is 294 g/mol. The van der Waals surface area contributed by atoms with Crippen molar-refractivity contribution in [3.05, 3.63) is 65.7 Å². The zero-order chi connectivity index (χ0) is 15.8. The molecule has 0 fully saturated rings. The second-order valence-corrected chi connectivity index (χ2v) is 5.18. The third-order valence-electron chi connectivity index (χ3n) is 3.51. The average Bonchev–Trinajstić information content (AvgIpc) is 2.56. The highest BCUT2D eigenvalue weighted by molar-refractivity contribution is 5.91. The van der Waals surface area contributed by atoms with E-state index in [1.54, 1.807) is 24.3 Å². The number of nitrogens with zero attached hydrogens (tertiary/aromatic N) is 1. The first-order valence-corrected chi connectivity index (χ1v) is 7.38. The van der Waals surface area contributed by atoms with Gasteiger partial charge in [0.15, 0.2) is 6.54 Å². The maximum absolute atomic E-state index is 12.1. The second kappa shape index (κ2) is 7.96. The van der Waals surface area contributed by atoms with E-state index in [4.69, 9.17) is 5.26 Å². The lowest BCUT2D eigenvalue weighted by molar-refractivity contribution is -0.903. The molecule has 0 heterocycles. The molecule has 0 saturated carbocycles.